The Hall–Kier alpha value is -3.49. The quantitative estimate of drug-likeness (QED) is 0.473. The Balaban J connectivity index is 1.91. The molecule has 1 atom stereocenters. The van der Waals surface area contributed by atoms with E-state index in [0.29, 0.717) is 16.0 Å². The lowest BCUT2D eigenvalue weighted by atomic mass is 10.0. The first-order valence-corrected chi connectivity index (χ1v) is 10.1. The average Bonchev–Trinajstić information content (AvgIpc) is 3.13. The highest BCUT2D eigenvalue weighted by Crippen LogP contribution is 2.29. The lowest BCUT2D eigenvalue weighted by Crippen LogP contribution is -2.12. The van der Waals surface area contributed by atoms with Gasteiger partial charge in [0.15, 0.2) is 5.69 Å². The van der Waals surface area contributed by atoms with Gasteiger partial charge < -0.3 is 11.1 Å². The van der Waals surface area contributed by atoms with Gasteiger partial charge in [-0.3, -0.25) is 4.79 Å². The SMILES string of the molecule is CNc1cccc(-c2ccc3c(C(N)=O)nn(-c4ccc(S(N)=O)cc4)c3c2)c1. The molecule has 4 rings (SSSR count). The Bertz CT molecular complexity index is 1250. The third-order valence-corrected chi connectivity index (χ3v) is 5.45. The molecule has 29 heavy (non-hydrogen) atoms. The van der Waals surface area contributed by atoms with Gasteiger partial charge in [-0.2, -0.15) is 5.10 Å². The van der Waals surface area contributed by atoms with Gasteiger partial charge in [-0.15, -0.1) is 0 Å². The Morgan fingerprint density at radius 3 is 2.41 bits per heavy atom. The lowest BCUT2D eigenvalue weighted by Gasteiger charge is -2.08. The summed E-state index contributed by atoms with van der Waals surface area (Å²) in [4.78, 5) is 12.4. The monoisotopic (exact) mass is 405 g/mol. The molecule has 1 heterocycles. The lowest BCUT2D eigenvalue weighted by molar-refractivity contribution is 0.0996. The third-order valence-electron chi connectivity index (χ3n) is 4.71. The maximum absolute atomic E-state index is 11.9. The number of nitrogens with two attached hydrogens (primary N) is 2. The second-order valence-electron chi connectivity index (χ2n) is 6.48. The molecule has 0 saturated heterocycles. The minimum atomic E-state index is -1.56. The molecular weight excluding hydrogens is 386 g/mol. The number of aromatic nitrogens is 2. The van der Waals surface area contributed by atoms with Crippen LogP contribution in [0.25, 0.3) is 27.7 Å². The fraction of sp³-hybridized carbons (Fsp3) is 0.0476. The number of hydrogen-bond donors (Lipinski definition) is 3. The van der Waals surface area contributed by atoms with Gasteiger partial charge in [-0.25, -0.2) is 14.0 Å². The van der Waals surface area contributed by atoms with E-state index < -0.39 is 16.9 Å². The van der Waals surface area contributed by atoms with Crippen LogP contribution in [0.5, 0.6) is 0 Å². The molecule has 0 spiro atoms. The van der Waals surface area contributed by atoms with Crippen molar-refractivity contribution in [3.05, 3.63) is 72.4 Å². The van der Waals surface area contributed by atoms with Gasteiger partial charge in [0.1, 0.15) is 11.0 Å². The number of primary amides is 1. The molecule has 1 amide bonds. The predicted molar refractivity (Wildman–Crippen MR) is 115 cm³/mol. The van der Waals surface area contributed by atoms with E-state index in [1.54, 1.807) is 28.9 Å². The largest absolute Gasteiger partial charge is 0.388 e. The molecule has 0 bridgehead atoms. The van der Waals surface area contributed by atoms with Gasteiger partial charge in [-0.05, 0) is 59.7 Å². The maximum atomic E-state index is 11.9. The van der Waals surface area contributed by atoms with E-state index in [2.05, 4.69) is 10.4 Å². The summed E-state index contributed by atoms with van der Waals surface area (Å²) in [6.45, 7) is 0. The molecule has 4 aromatic rings. The van der Waals surface area contributed by atoms with Crippen LogP contribution < -0.4 is 16.2 Å². The smallest absolute Gasteiger partial charge is 0.269 e. The second-order valence-corrected chi connectivity index (χ2v) is 7.54. The summed E-state index contributed by atoms with van der Waals surface area (Å²) < 4.78 is 13.1. The molecule has 0 aliphatic carbocycles. The number of fused-ring (bicyclic) bond motifs is 1. The van der Waals surface area contributed by atoms with E-state index in [9.17, 15) is 9.00 Å². The molecule has 0 aliphatic heterocycles. The van der Waals surface area contributed by atoms with Crippen LogP contribution in [0.1, 0.15) is 10.5 Å². The Kier molecular flexibility index (Phi) is 4.87. The topological polar surface area (TPSA) is 116 Å². The third kappa shape index (κ3) is 3.51. The number of nitrogens with one attached hydrogen (secondary N) is 1. The second kappa shape index (κ2) is 7.50. The van der Waals surface area contributed by atoms with Crippen molar-refractivity contribution >= 4 is 33.5 Å². The fourth-order valence-electron chi connectivity index (χ4n) is 3.25. The van der Waals surface area contributed by atoms with Gasteiger partial charge in [-0.1, -0.05) is 18.2 Å². The summed E-state index contributed by atoms with van der Waals surface area (Å²) in [6.07, 6.45) is 0. The Morgan fingerprint density at radius 1 is 1.03 bits per heavy atom. The molecule has 1 aromatic heterocycles. The average molecular weight is 405 g/mol. The highest BCUT2D eigenvalue weighted by molar-refractivity contribution is 7.82. The molecule has 7 nitrogen and oxygen atoms in total. The van der Waals surface area contributed by atoms with Crippen LogP contribution in [0.3, 0.4) is 0 Å². The molecule has 5 N–H and O–H groups in total. The highest BCUT2D eigenvalue weighted by Gasteiger charge is 2.17. The summed E-state index contributed by atoms with van der Waals surface area (Å²) in [6, 6.07) is 20.6. The van der Waals surface area contributed by atoms with Gasteiger partial charge in [0.2, 0.25) is 0 Å². The minimum Gasteiger partial charge on any atom is -0.388 e. The Labute approximate surface area is 169 Å². The molecular formula is C21H19N5O2S. The number of hydrogen-bond acceptors (Lipinski definition) is 4. The van der Waals surface area contributed by atoms with Crippen molar-refractivity contribution in [3.8, 4) is 16.8 Å². The van der Waals surface area contributed by atoms with Crippen LogP contribution in [0.15, 0.2) is 71.6 Å². The van der Waals surface area contributed by atoms with Crippen molar-refractivity contribution in [2.24, 2.45) is 10.9 Å². The molecule has 0 radical (unpaired) electrons. The number of rotatable bonds is 5. The first-order valence-electron chi connectivity index (χ1n) is 8.85. The van der Waals surface area contributed by atoms with Crippen LogP contribution in [0.4, 0.5) is 5.69 Å². The van der Waals surface area contributed by atoms with Crippen LogP contribution in [0.2, 0.25) is 0 Å². The summed E-state index contributed by atoms with van der Waals surface area (Å²) in [5, 5.41) is 13.6. The van der Waals surface area contributed by atoms with Crippen molar-refractivity contribution in [2.45, 2.75) is 4.90 Å². The van der Waals surface area contributed by atoms with E-state index in [1.807, 2.05) is 49.5 Å². The zero-order chi connectivity index (χ0) is 20.5. The summed E-state index contributed by atoms with van der Waals surface area (Å²) in [5.41, 5.74) is 10.2. The molecule has 1 unspecified atom stereocenters. The first-order chi connectivity index (χ1) is 14.0. The van der Waals surface area contributed by atoms with Crippen LogP contribution >= 0.6 is 0 Å². The van der Waals surface area contributed by atoms with Crippen LogP contribution in [-0.2, 0) is 11.0 Å². The number of anilines is 1. The zero-order valence-corrected chi connectivity index (χ0v) is 16.4. The number of carbonyl (C=O) groups excluding carboxylic acids is 1. The van der Waals surface area contributed by atoms with E-state index in [0.717, 1.165) is 22.3 Å². The molecule has 0 aliphatic rings. The molecule has 8 heteroatoms. The summed E-state index contributed by atoms with van der Waals surface area (Å²) in [5.74, 6) is -0.599. The van der Waals surface area contributed by atoms with Crippen molar-refractivity contribution in [1.82, 2.24) is 9.78 Å². The van der Waals surface area contributed by atoms with Gasteiger partial charge in [0.25, 0.3) is 5.91 Å². The molecule has 146 valence electrons. The molecule has 0 saturated carbocycles. The number of benzene rings is 3. The predicted octanol–water partition coefficient (Wildman–Crippen LogP) is 2.81. The number of nitrogens with zero attached hydrogens (tertiary/aromatic N) is 2. The number of amides is 1. The van der Waals surface area contributed by atoms with E-state index in [4.69, 9.17) is 10.9 Å². The van der Waals surface area contributed by atoms with E-state index in [1.165, 1.54) is 0 Å². The maximum Gasteiger partial charge on any atom is 0.269 e. The van der Waals surface area contributed by atoms with Crippen molar-refractivity contribution < 1.29 is 9.00 Å². The molecule has 3 aromatic carbocycles. The van der Waals surface area contributed by atoms with Gasteiger partial charge >= 0.3 is 0 Å². The fourth-order valence-corrected chi connectivity index (χ4v) is 3.65. The van der Waals surface area contributed by atoms with E-state index in [-0.39, 0.29) is 5.69 Å². The van der Waals surface area contributed by atoms with Crippen molar-refractivity contribution in [3.63, 3.8) is 0 Å². The van der Waals surface area contributed by atoms with Gasteiger partial charge in [0, 0.05) is 18.1 Å². The normalized spacial score (nSPS) is 12.1. The standard InChI is InChI=1S/C21H19N5O2S/c1-24-15-4-2-3-13(11-15)14-5-10-18-19(12-14)26(25-20(18)21(22)27)16-6-8-17(9-7-16)29(23)28/h2-12,24H,23H2,1H3,(H2,22,27). The minimum absolute atomic E-state index is 0.196. The van der Waals surface area contributed by atoms with Crippen molar-refractivity contribution in [2.75, 3.05) is 12.4 Å². The van der Waals surface area contributed by atoms with E-state index >= 15 is 0 Å². The highest BCUT2D eigenvalue weighted by atomic mass is 32.2. The first kappa shape index (κ1) is 18.9. The molecule has 0 fully saturated rings. The van der Waals surface area contributed by atoms with Crippen LogP contribution in [-0.4, -0.2) is 26.9 Å². The van der Waals surface area contributed by atoms with Gasteiger partial charge in [0.05, 0.1) is 16.1 Å². The zero-order valence-electron chi connectivity index (χ0n) is 15.6. The summed E-state index contributed by atoms with van der Waals surface area (Å²) in [7, 11) is 0.305. The number of carbonyl (C=O) groups is 1. The van der Waals surface area contributed by atoms with Crippen LogP contribution in [0, 0.1) is 0 Å². The Morgan fingerprint density at radius 2 is 1.76 bits per heavy atom. The summed E-state index contributed by atoms with van der Waals surface area (Å²) >= 11 is 0. The van der Waals surface area contributed by atoms with Crippen molar-refractivity contribution in [1.29, 1.82) is 0 Å².